The Morgan fingerprint density at radius 3 is 2.19 bits per heavy atom. The molecule has 6 heteroatoms. The molecule has 0 saturated carbocycles. The van der Waals surface area contributed by atoms with Crippen molar-refractivity contribution in [3.63, 3.8) is 0 Å². The number of pyridine rings is 1. The molecule has 3 aliphatic heterocycles. The minimum Gasteiger partial charge on any atom is -0.364 e. The van der Waals surface area contributed by atoms with Crippen molar-refractivity contribution in [2.45, 2.75) is 43.3 Å². The van der Waals surface area contributed by atoms with Crippen LogP contribution in [0.5, 0.6) is 0 Å². The molecule has 6 rings (SSSR count). The van der Waals surface area contributed by atoms with Crippen LogP contribution in [0.3, 0.4) is 0 Å². The van der Waals surface area contributed by atoms with Gasteiger partial charge in [0, 0.05) is 56.2 Å². The number of aromatic nitrogens is 3. The number of hydrogen-bond acceptors (Lipinski definition) is 4. The molecule has 32 heavy (non-hydrogen) atoms. The quantitative estimate of drug-likeness (QED) is 0.636. The molecule has 1 atom stereocenters. The number of nitrogens with one attached hydrogen (secondary N) is 2. The fourth-order valence-corrected chi connectivity index (χ4v) is 6.61. The number of nitrogens with zero attached hydrogens (tertiary/aromatic N) is 4. The van der Waals surface area contributed by atoms with Gasteiger partial charge in [-0.15, -0.1) is 0 Å². The van der Waals surface area contributed by atoms with Crippen molar-refractivity contribution in [1.82, 2.24) is 24.8 Å². The van der Waals surface area contributed by atoms with Gasteiger partial charge in [-0.2, -0.15) is 0 Å². The Kier molecular flexibility index (Phi) is 4.83. The molecule has 2 fully saturated rings. The minimum atomic E-state index is -0.390. The summed E-state index contributed by atoms with van der Waals surface area (Å²) in [6.07, 6.45) is 16.5. The van der Waals surface area contributed by atoms with Crippen molar-refractivity contribution in [2.24, 2.45) is 0 Å². The first kappa shape index (κ1) is 19.7. The molecule has 3 aliphatic rings. The van der Waals surface area contributed by atoms with Crippen LogP contribution in [0.25, 0.3) is 0 Å². The molecule has 2 saturated heterocycles. The second-order valence-corrected chi connectivity index (χ2v) is 9.21. The smallest absolute Gasteiger partial charge is 0.189 e. The van der Waals surface area contributed by atoms with Crippen molar-refractivity contribution in [3.05, 3.63) is 84.7 Å². The summed E-state index contributed by atoms with van der Waals surface area (Å²) in [5.74, 6) is 0.667. The van der Waals surface area contributed by atoms with E-state index in [1.807, 2.05) is 12.3 Å². The third kappa shape index (κ3) is 2.65. The van der Waals surface area contributed by atoms with Crippen molar-refractivity contribution < 1.29 is 0 Å². The average molecular weight is 429 g/mol. The highest BCUT2D eigenvalue weighted by molar-refractivity contribution is 5.52. The Morgan fingerprint density at radius 1 is 0.812 bits per heavy atom. The van der Waals surface area contributed by atoms with Crippen LogP contribution in [0.2, 0.25) is 0 Å². The molecular formula is C26H32N6. The number of rotatable bonds is 5. The van der Waals surface area contributed by atoms with E-state index in [1.54, 1.807) is 0 Å². The summed E-state index contributed by atoms with van der Waals surface area (Å²) in [5, 5.41) is 0. The van der Waals surface area contributed by atoms with E-state index >= 15 is 0 Å². The van der Waals surface area contributed by atoms with Crippen molar-refractivity contribution in [3.8, 4) is 0 Å². The van der Waals surface area contributed by atoms with Gasteiger partial charge in [-0.05, 0) is 74.7 Å². The molecule has 0 aromatic carbocycles. The summed E-state index contributed by atoms with van der Waals surface area (Å²) in [7, 11) is 0. The fourth-order valence-electron chi connectivity index (χ4n) is 6.61. The lowest BCUT2D eigenvalue weighted by molar-refractivity contribution is -0.0868. The summed E-state index contributed by atoms with van der Waals surface area (Å²) in [6, 6.07) is 15.2. The van der Waals surface area contributed by atoms with Gasteiger partial charge in [0.15, 0.2) is 5.79 Å². The maximum absolute atomic E-state index is 4.90. The van der Waals surface area contributed by atoms with Gasteiger partial charge >= 0.3 is 0 Å². The minimum absolute atomic E-state index is 0.283. The van der Waals surface area contributed by atoms with Crippen LogP contribution in [0.1, 0.15) is 43.5 Å². The van der Waals surface area contributed by atoms with Crippen molar-refractivity contribution in [2.75, 3.05) is 31.1 Å². The van der Waals surface area contributed by atoms with E-state index in [-0.39, 0.29) is 5.41 Å². The lowest BCUT2D eigenvalue weighted by atomic mass is 9.66. The zero-order valence-corrected chi connectivity index (χ0v) is 18.6. The number of likely N-dealkylation sites (tertiary alicyclic amines) is 1. The van der Waals surface area contributed by atoms with Gasteiger partial charge in [0.1, 0.15) is 11.2 Å². The molecule has 3 aromatic rings. The summed E-state index contributed by atoms with van der Waals surface area (Å²) in [6.45, 7) is 4.19. The standard InChI is InChI=1S/C26H32N6/c1-2-14-29-24(12-1)32-21-9-13-25(22-10-7-15-27-22,23-11-8-16-28-23)26(32,30-17-3-4-18-30)31-19-5-6-20-31/h1-3,7-8,10-12,14-17,27-28H,4-6,9,13,18-21H2. The predicted molar refractivity (Wildman–Crippen MR) is 127 cm³/mol. The van der Waals surface area contributed by atoms with E-state index in [9.17, 15) is 0 Å². The molecule has 0 radical (unpaired) electrons. The Balaban J connectivity index is 1.69. The Labute approximate surface area is 190 Å². The molecule has 6 nitrogen and oxygen atoms in total. The second-order valence-electron chi connectivity index (χ2n) is 9.21. The first-order valence-corrected chi connectivity index (χ1v) is 12.0. The highest BCUT2D eigenvalue weighted by Gasteiger charge is 2.66. The Bertz CT molecular complexity index is 1000. The van der Waals surface area contributed by atoms with E-state index < -0.39 is 5.79 Å². The first-order valence-electron chi connectivity index (χ1n) is 12.0. The van der Waals surface area contributed by atoms with Gasteiger partial charge in [0.05, 0.1) is 0 Å². The van der Waals surface area contributed by atoms with Crippen LogP contribution in [0.15, 0.2) is 73.3 Å². The highest BCUT2D eigenvalue weighted by atomic mass is 15.6. The average Bonchev–Trinajstić information content (AvgIpc) is 3.67. The van der Waals surface area contributed by atoms with Gasteiger partial charge in [-0.1, -0.05) is 12.1 Å². The summed E-state index contributed by atoms with van der Waals surface area (Å²) in [4.78, 5) is 20.2. The lowest BCUT2D eigenvalue weighted by Gasteiger charge is -2.65. The lowest BCUT2D eigenvalue weighted by Crippen LogP contribution is -2.80. The molecule has 0 aliphatic carbocycles. The normalized spacial score (nSPS) is 25.6. The van der Waals surface area contributed by atoms with E-state index in [0.29, 0.717) is 0 Å². The maximum atomic E-state index is 4.90. The van der Waals surface area contributed by atoms with Crippen LogP contribution >= 0.6 is 0 Å². The second kappa shape index (κ2) is 7.85. The number of aromatic amines is 2. The van der Waals surface area contributed by atoms with Gasteiger partial charge < -0.3 is 19.8 Å². The van der Waals surface area contributed by atoms with Crippen LogP contribution in [-0.4, -0.2) is 56.7 Å². The third-order valence-corrected chi connectivity index (χ3v) is 7.69. The zero-order valence-electron chi connectivity index (χ0n) is 18.6. The molecule has 3 aromatic heterocycles. The number of piperidine rings is 1. The van der Waals surface area contributed by atoms with E-state index in [1.165, 1.54) is 24.2 Å². The van der Waals surface area contributed by atoms with Crippen LogP contribution in [0.4, 0.5) is 5.82 Å². The number of hydrogen-bond donors (Lipinski definition) is 2. The molecule has 6 heterocycles. The van der Waals surface area contributed by atoms with Crippen molar-refractivity contribution >= 4 is 5.82 Å². The fraction of sp³-hybridized carbons (Fsp3) is 0.423. The molecule has 2 N–H and O–H groups in total. The zero-order chi connectivity index (χ0) is 21.4. The summed E-state index contributed by atoms with van der Waals surface area (Å²) >= 11 is 0. The van der Waals surface area contributed by atoms with Crippen LogP contribution in [-0.2, 0) is 5.41 Å². The van der Waals surface area contributed by atoms with Gasteiger partial charge in [0.2, 0.25) is 0 Å². The molecule has 0 bridgehead atoms. The number of anilines is 1. The Hall–Kier alpha value is -2.99. The van der Waals surface area contributed by atoms with E-state index in [0.717, 1.165) is 51.3 Å². The summed E-state index contributed by atoms with van der Waals surface area (Å²) < 4.78 is 0. The third-order valence-electron chi connectivity index (χ3n) is 7.69. The molecule has 166 valence electrons. The SMILES string of the molecule is C1=CN(C2(N3CCCC3)N(c3ccccn3)CCCC2(c2ccc[nH]2)c2ccc[nH]2)CC1. The molecule has 0 amide bonds. The van der Waals surface area contributed by atoms with Gasteiger partial charge in [-0.3, -0.25) is 4.90 Å². The van der Waals surface area contributed by atoms with Gasteiger partial charge in [0.25, 0.3) is 0 Å². The predicted octanol–water partition coefficient (Wildman–Crippen LogP) is 4.29. The Morgan fingerprint density at radius 2 is 1.59 bits per heavy atom. The van der Waals surface area contributed by atoms with Crippen molar-refractivity contribution in [1.29, 1.82) is 0 Å². The topological polar surface area (TPSA) is 54.2 Å². The van der Waals surface area contributed by atoms with E-state index in [4.69, 9.17) is 4.98 Å². The monoisotopic (exact) mass is 428 g/mol. The molecule has 1 unspecified atom stereocenters. The number of H-pyrrole nitrogens is 2. The highest BCUT2D eigenvalue weighted by Crippen LogP contribution is 2.55. The molecular weight excluding hydrogens is 396 g/mol. The first-order chi connectivity index (χ1) is 15.9. The summed E-state index contributed by atoms with van der Waals surface area (Å²) in [5.41, 5.74) is 2.26. The van der Waals surface area contributed by atoms with Gasteiger partial charge in [-0.25, -0.2) is 4.98 Å². The van der Waals surface area contributed by atoms with E-state index in [2.05, 4.69) is 85.7 Å². The van der Waals surface area contributed by atoms with Crippen LogP contribution in [0, 0.1) is 0 Å². The molecule has 0 spiro atoms. The maximum Gasteiger partial charge on any atom is 0.189 e. The largest absolute Gasteiger partial charge is 0.364 e. The van der Waals surface area contributed by atoms with Crippen LogP contribution < -0.4 is 4.90 Å².